The smallest absolute Gasteiger partial charge is 0.0945 e. The first-order valence-corrected chi connectivity index (χ1v) is 7.22. The molecule has 0 saturated carbocycles. The third-order valence-electron chi connectivity index (χ3n) is 3.99. The number of hydrogen-bond acceptors (Lipinski definition) is 3. The summed E-state index contributed by atoms with van der Waals surface area (Å²) in [5, 5.41) is 3.64. The molecule has 0 amide bonds. The van der Waals surface area contributed by atoms with Crippen LogP contribution in [0.4, 0.5) is 0 Å². The highest BCUT2D eigenvalue weighted by Crippen LogP contribution is 2.11. The first kappa shape index (κ1) is 13.6. The molecule has 1 aromatic rings. The Bertz CT molecular complexity index is 323. The molecule has 2 atom stereocenters. The average Bonchev–Trinajstić information content (AvgIpc) is 2.82. The highest BCUT2D eigenvalue weighted by Gasteiger charge is 2.21. The fourth-order valence-corrected chi connectivity index (χ4v) is 2.67. The SMILES string of the molecule is CCC1CN(CCCn2ccnc2)C(C)CCN1. The minimum absolute atomic E-state index is 0.670. The largest absolute Gasteiger partial charge is 0.337 e. The van der Waals surface area contributed by atoms with Gasteiger partial charge in [-0.15, -0.1) is 0 Å². The lowest BCUT2D eigenvalue weighted by Gasteiger charge is -2.28. The Morgan fingerprint density at radius 1 is 1.39 bits per heavy atom. The predicted octanol–water partition coefficient (Wildman–Crippen LogP) is 1.74. The van der Waals surface area contributed by atoms with Crippen molar-refractivity contribution in [1.82, 2.24) is 19.8 Å². The van der Waals surface area contributed by atoms with Crippen LogP contribution in [0.2, 0.25) is 0 Å². The van der Waals surface area contributed by atoms with Crippen molar-refractivity contribution >= 4 is 0 Å². The molecular formula is C14H26N4. The quantitative estimate of drug-likeness (QED) is 0.864. The van der Waals surface area contributed by atoms with Crippen molar-refractivity contribution in [3.05, 3.63) is 18.7 Å². The molecule has 102 valence electrons. The number of hydrogen-bond donors (Lipinski definition) is 1. The van der Waals surface area contributed by atoms with E-state index in [2.05, 4.69) is 33.6 Å². The molecule has 0 aliphatic carbocycles. The van der Waals surface area contributed by atoms with E-state index in [1.54, 1.807) is 0 Å². The summed E-state index contributed by atoms with van der Waals surface area (Å²) in [4.78, 5) is 6.73. The Labute approximate surface area is 110 Å². The van der Waals surface area contributed by atoms with Gasteiger partial charge in [0.05, 0.1) is 6.33 Å². The standard InChI is InChI=1S/C14H26N4/c1-3-14-11-18(13(2)5-6-16-14)9-4-8-17-10-7-15-12-17/h7,10,12-14,16H,3-6,8-9,11H2,1-2H3. The van der Waals surface area contributed by atoms with Crippen LogP contribution in [0.25, 0.3) is 0 Å². The van der Waals surface area contributed by atoms with Gasteiger partial charge in [0.2, 0.25) is 0 Å². The second kappa shape index (κ2) is 6.90. The summed E-state index contributed by atoms with van der Waals surface area (Å²) in [6.45, 7) is 9.26. The normalized spacial score (nSPS) is 26.1. The van der Waals surface area contributed by atoms with Crippen LogP contribution >= 0.6 is 0 Å². The maximum atomic E-state index is 4.08. The van der Waals surface area contributed by atoms with E-state index < -0.39 is 0 Å². The zero-order valence-electron chi connectivity index (χ0n) is 11.7. The van der Waals surface area contributed by atoms with E-state index in [9.17, 15) is 0 Å². The van der Waals surface area contributed by atoms with E-state index in [0.717, 1.165) is 13.1 Å². The zero-order chi connectivity index (χ0) is 12.8. The van der Waals surface area contributed by atoms with Crippen LogP contribution in [0.3, 0.4) is 0 Å². The van der Waals surface area contributed by atoms with Crippen molar-refractivity contribution in [1.29, 1.82) is 0 Å². The lowest BCUT2D eigenvalue weighted by atomic mass is 10.2. The number of nitrogens with one attached hydrogen (secondary N) is 1. The Kier molecular flexibility index (Phi) is 5.20. The van der Waals surface area contributed by atoms with Crippen LogP contribution in [0.15, 0.2) is 18.7 Å². The molecule has 1 fully saturated rings. The summed E-state index contributed by atoms with van der Waals surface area (Å²) in [6.07, 6.45) is 9.50. The Balaban J connectivity index is 1.78. The number of aryl methyl sites for hydroxylation is 1. The predicted molar refractivity (Wildman–Crippen MR) is 74.6 cm³/mol. The summed E-state index contributed by atoms with van der Waals surface area (Å²) >= 11 is 0. The average molecular weight is 250 g/mol. The van der Waals surface area contributed by atoms with Crippen molar-refractivity contribution in [2.45, 2.75) is 51.7 Å². The molecule has 1 saturated heterocycles. The first-order valence-electron chi connectivity index (χ1n) is 7.22. The van der Waals surface area contributed by atoms with Gasteiger partial charge in [-0.3, -0.25) is 4.90 Å². The van der Waals surface area contributed by atoms with Crippen molar-refractivity contribution in [2.75, 3.05) is 19.6 Å². The maximum Gasteiger partial charge on any atom is 0.0945 e. The third kappa shape index (κ3) is 3.82. The van der Waals surface area contributed by atoms with Crippen LogP contribution in [0, 0.1) is 0 Å². The molecule has 0 aromatic carbocycles. The number of nitrogens with zero attached hydrogens (tertiary/aromatic N) is 3. The van der Waals surface area contributed by atoms with Gasteiger partial charge in [0.25, 0.3) is 0 Å². The summed E-state index contributed by atoms with van der Waals surface area (Å²) in [7, 11) is 0. The fourth-order valence-electron chi connectivity index (χ4n) is 2.67. The molecule has 2 rings (SSSR count). The van der Waals surface area contributed by atoms with Gasteiger partial charge in [-0.25, -0.2) is 4.98 Å². The lowest BCUT2D eigenvalue weighted by Crippen LogP contribution is -2.40. The summed E-state index contributed by atoms with van der Waals surface area (Å²) in [5.41, 5.74) is 0. The molecule has 0 radical (unpaired) electrons. The van der Waals surface area contributed by atoms with Crippen LogP contribution < -0.4 is 5.32 Å². The molecule has 0 bridgehead atoms. The summed E-state index contributed by atoms with van der Waals surface area (Å²) in [6, 6.07) is 1.38. The van der Waals surface area contributed by atoms with E-state index in [0.29, 0.717) is 12.1 Å². The van der Waals surface area contributed by atoms with E-state index in [4.69, 9.17) is 0 Å². The number of aromatic nitrogens is 2. The molecule has 18 heavy (non-hydrogen) atoms. The van der Waals surface area contributed by atoms with E-state index in [1.165, 1.54) is 32.4 Å². The van der Waals surface area contributed by atoms with Crippen LogP contribution in [0.1, 0.15) is 33.1 Å². The molecule has 2 unspecified atom stereocenters. The highest BCUT2D eigenvalue weighted by molar-refractivity contribution is 4.80. The maximum absolute atomic E-state index is 4.08. The highest BCUT2D eigenvalue weighted by atomic mass is 15.2. The van der Waals surface area contributed by atoms with Crippen molar-refractivity contribution < 1.29 is 0 Å². The van der Waals surface area contributed by atoms with Gasteiger partial charge in [0, 0.05) is 44.1 Å². The summed E-state index contributed by atoms with van der Waals surface area (Å²) in [5.74, 6) is 0. The van der Waals surface area contributed by atoms with E-state index in [-0.39, 0.29) is 0 Å². The van der Waals surface area contributed by atoms with E-state index in [1.807, 2.05) is 18.7 Å². The fraction of sp³-hybridized carbons (Fsp3) is 0.786. The first-order chi connectivity index (χ1) is 8.79. The minimum Gasteiger partial charge on any atom is -0.337 e. The van der Waals surface area contributed by atoms with Gasteiger partial charge < -0.3 is 9.88 Å². The van der Waals surface area contributed by atoms with E-state index >= 15 is 0 Å². The monoisotopic (exact) mass is 250 g/mol. The molecule has 1 aliphatic heterocycles. The molecular weight excluding hydrogens is 224 g/mol. The van der Waals surface area contributed by atoms with Crippen molar-refractivity contribution in [3.63, 3.8) is 0 Å². The number of rotatable bonds is 5. The van der Waals surface area contributed by atoms with Crippen LogP contribution in [0.5, 0.6) is 0 Å². The Hall–Kier alpha value is -0.870. The van der Waals surface area contributed by atoms with Crippen LogP contribution in [-0.4, -0.2) is 46.2 Å². The van der Waals surface area contributed by atoms with Gasteiger partial charge >= 0.3 is 0 Å². The lowest BCUT2D eigenvalue weighted by molar-refractivity contribution is 0.198. The molecule has 2 heterocycles. The van der Waals surface area contributed by atoms with Gasteiger partial charge in [-0.2, -0.15) is 0 Å². The molecule has 0 spiro atoms. The second-order valence-corrected chi connectivity index (χ2v) is 5.35. The van der Waals surface area contributed by atoms with Gasteiger partial charge in [0.15, 0.2) is 0 Å². The van der Waals surface area contributed by atoms with Gasteiger partial charge in [0.1, 0.15) is 0 Å². The molecule has 4 heteroatoms. The van der Waals surface area contributed by atoms with Gasteiger partial charge in [-0.1, -0.05) is 6.92 Å². The van der Waals surface area contributed by atoms with Crippen molar-refractivity contribution in [2.24, 2.45) is 0 Å². The second-order valence-electron chi connectivity index (χ2n) is 5.35. The molecule has 1 aromatic heterocycles. The Morgan fingerprint density at radius 3 is 3.00 bits per heavy atom. The topological polar surface area (TPSA) is 33.1 Å². The molecule has 4 nitrogen and oxygen atoms in total. The van der Waals surface area contributed by atoms with Crippen LogP contribution in [-0.2, 0) is 6.54 Å². The van der Waals surface area contributed by atoms with Gasteiger partial charge in [-0.05, 0) is 32.7 Å². The minimum atomic E-state index is 0.670. The number of imidazole rings is 1. The third-order valence-corrected chi connectivity index (χ3v) is 3.99. The Morgan fingerprint density at radius 2 is 2.28 bits per heavy atom. The zero-order valence-corrected chi connectivity index (χ0v) is 11.7. The molecule has 1 aliphatic rings. The summed E-state index contributed by atoms with van der Waals surface area (Å²) < 4.78 is 2.16. The molecule has 1 N–H and O–H groups in total. The van der Waals surface area contributed by atoms with Crippen molar-refractivity contribution in [3.8, 4) is 0 Å².